The second kappa shape index (κ2) is 8.56. The fraction of sp³-hybridized carbons (Fsp3) is 0.588. The Labute approximate surface area is 148 Å². The third-order valence-electron chi connectivity index (χ3n) is 4.57. The van der Waals surface area contributed by atoms with E-state index < -0.39 is 36.4 Å². The first kappa shape index (κ1) is 20.3. The summed E-state index contributed by atoms with van der Waals surface area (Å²) < 4.78 is 69.9. The van der Waals surface area contributed by atoms with Gasteiger partial charge in [0, 0.05) is 32.5 Å². The van der Waals surface area contributed by atoms with Crippen LogP contribution in [0.15, 0.2) is 18.2 Å². The van der Waals surface area contributed by atoms with Crippen molar-refractivity contribution in [3.8, 4) is 17.6 Å². The van der Waals surface area contributed by atoms with Crippen molar-refractivity contribution in [1.29, 1.82) is 5.26 Å². The maximum absolute atomic E-state index is 12.7. The second-order valence-electron chi connectivity index (χ2n) is 5.84. The number of rotatable bonds is 7. The Morgan fingerprint density at radius 3 is 2.23 bits per heavy atom. The van der Waals surface area contributed by atoms with Gasteiger partial charge >= 0.3 is 13.2 Å². The minimum absolute atomic E-state index is 0.269. The van der Waals surface area contributed by atoms with Gasteiger partial charge in [0.2, 0.25) is 0 Å². The van der Waals surface area contributed by atoms with Crippen molar-refractivity contribution in [2.24, 2.45) is 5.92 Å². The molecule has 2 unspecified atom stereocenters. The minimum Gasteiger partial charge on any atom is -0.431 e. The molecule has 0 heterocycles. The monoisotopic (exact) mass is 377 g/mol. The van der Waals surface area contributed by atoms with Gasteiger partial charge in [-0.25, -0.2) is 0 Å². The van der Waals surface area contributed by atoms with Crippen molar-refractivity contribution in [3.05, 3.63) is 23.8 Å². The third-order valence-corrected chi connectivity index (χ3v) is 4.57. The molecule has 0 aliphatic heterocycles. The Hall–Kier alpha value is -2.05. The number of alkyl halides is 4. The molecule has 0 bridgehead atoms. The van der Waals surface area contributed by atoms with E-state index in [0.29, 0.717) is 24.8 Å². The first-order valence-corrected chi connectivity index (χ1v) is 7.88. The second-order valence-corrected chi connectivity index (χ2v) is 5.84. The number of ether oxygens (including phenoxy) is 4. The van der Waals surface area contributed by atoms with Crippen LogP contribution in [0.2, 0.25) is 0 Å². The smallest absolute Gasteiger partial charge is 0.387 e. The van der Waals surface area contributed by atoms with E-state index in [2.05, 4.69) is 15.5 Å². The highest BCUT2D eigenvalue weighted by atomic mass is 19.3. The maximum atomic E-state index is 12.7. The lowest BCUT2D eigenvalue weighted by Gasteiger charge is -2.43. The molecule has 1 fully saturated rings. The van der Waals surface area contributed by atoms with Gasteiger partial charge in [-0.1, -0.05) is 6.07 Å². The summed E-state index contributed by atoms with van der Waals surface area (Å²) in [5.41, 5.74) is 0.464. The SMILES string of the molecule is COC1(OC)CCC(C#N)CC1c1ccc(OC(F)F)c(OC(F)F)c1. The third kappa shape index (κ3) is 4.37. The zero-order valence-electron chi connectivity index (χ0n) is 14.3. The van der Waals surface area contributed by atoms with E-state index in [0.717, 1.165) is 6.07 Å². The summed E-state index contributed by atoms with van der Waals surface area (Å²) in [7, 11) is 2.90. The standard InChI is InChI=1S/C17H19F4NO4/c1-23-17(24-2)6-5-10(9-22)7-12(17)11-3-4-13(25-15(18)19)14(8-11)26-16(20)21/h3-4,8,10,12,15-16H,5-7H2,1-2H3. The molecule has 0 radical (unpaired) electrons. The van der Waals surface area contributed by atoms with Gasteiger partial charge in [0.25, 0.3) is 0 Å². The van der Waals surface area contributed by atoms with E-state index >= 15 is 0 Å². The highest BCUT2D eigenvalue weighted by molar-refractivity contribution is 5.45. The van der Waals surface area contributed by atoms with Gasteiger partial charge in [-0.15, -0.1) is 0 Å². The van der Waals surface area contributed by atoms with Crippen molar-refractivity contribution >= 4 is 0 Å². The quantitative estimate of drug-likeness (QED) is 0.524. The van der Waals surface area contributed by atoms with Gasteiger partial charge in [-0.3, -0.25) is 0 Å². The molecule has 2 rings (SSSR count). The van der Waals surface area contributed by atoms with Crippen LogP contribution in [0.5, 0.6) is 11.5 Å². The molecule has 5 nitrogen and oxygen atoms in total. The van der Waals surface area contributed by atoms with Crippen molar-refractivity contribution < 1.29 is 36.5 Å². The van der Waals surface area contributed by atoms with Crippen LogP contribution in [0, 0.1) is 17.2 Å². The molecule has 1 aromatic rings. The van der Waals surface area contributed by atoms with Crippen LogP contribution >= 0.6 is 0 Å². The summed E-state index contributed by atoms with van der Waals surface area (Å²) in [6.45, 7) is -6.39. The molecule has 0 N–H and O–H groups in total. The lowest BCUT2D eigenvalue weighted by Crippen LogP contribution is -2.44. The van der Waals surface area contributed by atoms with E-state index in [4.69, 9.17) is 9.47 Å². The fourth-order valence-electron chi connectivity index (χ4n) is 3.33. The summed E-state index contributed by atoms with van der Waals surface area (Å²) in [5.74, 6) is -2.82. The maximum Gasteiger partial charge on any atom is 0.387 e. The number of hydrogen-bond donors (Lipinski definition) is 0. The Kier molecular flexibility index (Phi) is 6.67. The van der Waals surface area contributed by atoms with Crippen molar-refractivity contribution in [3.63, 3.8) is 0 Å². The molecule has 9 heteroatoms. The Balaban J connectivity index is 2.44. The first-order valence-electron chi connectivity index (χ1n) is 7.88. The molecule has 1 aliphatic carbocycles. The van der Waals surface area contributed by atoms with Gasteiger partial charge in [0.05, 0.1) is 6.07 Å². The summed E-state index contributed by atoms with van der Waals surface area (Å²) in [6, 6.07) is 5.97. The van der Waals surface area contributed by atoms with Crippen LogP contribution in [0.3, 0.4) is 0 Å². The Morgan fingerprint density at radius 2 is 1.69 bits per heavy atom. The fourth-order valence-corrected chi connectivity index (χ4v) is 3.33. The summed E-state index contributed by atoms with van der Waals surface area (Å²) in [5, 5.41) is 9.23. The van der Waals surface area contributed by atoms with E-state index in [1.54, 1.807) is 0 Å². The van der Waals surface area contributed by atoms with Crippen molar-refractivity contribution in [2.45, 2.75) is 44.2 Å². The average molecular weight is 377 g/mol. The molecule has 144 valence electrons. The van der Waals surface area contributed by atoms with Gasteiger partial charge in [-0.2, -0.15) is 22.8 Å². The molecular formula is C17H19F4NO4. The lowest BCUT2D eigenvalue weighted by molar-refractivity contribution is -0.238. The Morgan fingerprint density at radius 1 is 1.08 bits per heavy atom. The summed E-state index contributed by atoms with van der Waals surface area (Å²) >= 11 is 0. The molecule has 2 atom stereocenters. The molecule has 1 aliphatic rings. The van der Waals surface area contributed by atoms with E-state index in [1.807, 2.05) is 0 Å². The van der Waals surface area contributed by atoms with Crippen LogP contribution < -0.4 is 9.47 Å². The highest BCUT2D eigenvalue weighted by Gasteiger charge is 2.45. The molecule has 1 saturated carbocycles. The van der Waals surface area contributed by atoms with Crippen LogP contribution in [0.4, 0.5) is 17.6 Å². The average Bonchev–Trinajstić information content (AvgIpc) is 2.61. The minimum atomic E-state index is -3.21. The molecule has 1 aromatic carbocycles. The molecule has 0 saturated heterocycles. The van der Waals surface area contributed by atoms with Gasteiger partial charge in [0.1, 0.15) is 0 Å². The normalized spacial score (nSPS) is 22.3. The van der Waals surface area contributed by atoms with Crippen LogP contribution in [0.25, 0.3) is 0 Å². The van der Waals surface area contributed by atoms with Crippen molar-refractivity contribution in [1.82, 2.24) is 0 Å². The predicted molar refractivity (Wildman–Crippen MR) is 82.2 cm³/mol. The van der Waals surface area contributed by atoms with Crippen LogP contribution in [-0.2, 0) is 9.47 Å². The molecular weight excluding hydrogens is 358 g/mol. The zero-order chi connectivity index (χ0) is 19.3. The van der Waals surface area contributed by atoms with E-state index in [9.17, 15) is 22.8 Å². The van der Waals surface area contributed by atoms with Gasteiger partial charge in [-0.05, 0) is 30.5 Å². The molecule has 0 amide bonds. The zero-order valence-corrected chi connectivity index (χ0v) is 14.3. The number of methoxy groups -OCH3 is 2. The Bertz CT molecular complexity index is 646. The molecule has 0 aromatic heterocycles. The number of hydrogen-bond acceptors (Lipinski definition) is 5. The van der Waals surface area contributed by atoms with Gasteiger partial charge < -0.3 is 18.9 Å². The summed E-state index contributed by atoms with van der Waals surface area (Å²) in [4.78, 5) is 0. The first-order chi connectivity index (χ1) is 12.3. The highest BCUT2D eigenvalue weighted by Crippen LogP contribution is 2.47. The van der Waals surface area contributed by atoms with Crippen LogP contribution in [-0.4, -0.2) is 33.2 Å². The number of nitrogens with zero attached hydrogens (tertiary/aromatic N) is 1. The largest absolute Gasteiger partial charge is 0.431 e. The number of benzene rings is 1. The lowest BCUT2D eigenvalue weighted by atomic mass is 9.74. The number of halogens is 4. The van der Waals surface area contributed by atoms with Crippen molar-refractivity contribution in [2.75, 3.05) is 14.2 Å². The number of nitriles is 1. The van der Waals surface area contributed by atoms with E-state index in [1.165, 1.54) is 26.4 Å². The molecule has 26 heavy (non-hydrogen) atoms. The topological polar surface area (TPSA) is 60.7 Å². The van der Waals surface area contributed by atoms with E-state index in [-0.39, 0.29) is 5.92 Å². The predicted octanol–water partition coefficient (Wildman–Crippen LogP) is 4.29. The van der Waals surface area contributed by atoms with Gasteiger partial charge in [0.15, 0.2) is 17.3 Å². The van der Waals surface area contributed by atoms with Crippen LogP contribution in [0.1, 0.15) is 30.7 Å². The summed E-state index contributed by atoms with van der Waals surface area (Å²) in [6.07, 6.45) is 1.34. The molecule has 0 spiro atoms.